The Hall–Kier alpha value is -2.55. The van der Waals surface area contributed by atoms with Gasteiger partial charge in [0.1, 0.15) is 6.04 Å². The van der Waals surface area contributed by atoms with Crippen LogP contribution < -0.4 is 10.6 Å². The molecule has 1 aromatic carbocycles. The van der Waals surface area contributed by atoms with E-state index in [2.05, 4.69) is 10.6 Å². The maximum atomic E-state index is 11.7. The van der Waals surface area contributed by atoms with Gasteiger partial charge in [0, 0.05) is 5.69 Å². The van der Waals surface area contributed by atoms with Gasteiger partial charge in [-0.05, 0) is 36.6 Å². The maximum Gasteiger partial charge on any atom is 0.326 e. The summed E-state index contributed by atoms with van der Waals surface area (Å²) in [4.78, 5) is 22.7. The number of carbonyl (C=O) groups is 2. The molecule has 6 heteroatoms. The number of hydrogen-bond donors (Lipinski definition) is 3. The van der Waals surface area contributed by atoms with Gasteiger partial charge in [-0.25, -0.2) is 9.59 Å². The number of hydrogen-bond acceptors (Lipinski definition) is 3. The molecule has 0 saturated heterocycles. The van der Waals surface area contributed by atoms with Crippen LogP contribution in [0.25, 0.3) is 0 Å². The molecule has 0 fully saturated rings. The van der Waals surface area contributed by atoms with Gasteiger partial charge in [-0.15, -0.1) is 0 Å². The number of carboxylic acids is 1. The topological polar surface area (TPSA) is 102 Å². The summed E-state index contributed by atoms with van der Waals surface area (Å²) >= 11 is 0. The van der Waals surface area contributed by atoms with Crippen molar-refractivity contribution < 1.29 is 14.7 Å². The number of carbonyl (C=O) groups excluding carboxylic acids is 1. The number of anilines is 1. The van der Waals surface area contributed by atoms with Crippen LogP contribution in [-0.4, -0.2) is 23.1 Å². The van der Waals surface area contributed by atoms with Gasteiger partial charge in [-0.1, -0.05) is 13.8 Å². The zero-order chi connectivity index (χ0) is 15.1. The molecule has 0 aliphatic rings. The Kier molecular flexibility index (Phi) is 5.54. The van der Waals surface area contributed by atoms with Crippen molar-refractivity contribution >= 4 is 17.7 Å². The zero-order valence-corrected chi connectivity index (χ0v) is 11.4. The lowest BCUT2D eigenvalue weighted by Gasteiger charge is -2.16. The predicted molar refractivity (Wildman–Crippen MR) is 74.2 cm³/mol. The second-order valence-electron chi connectivity index (χ2n) is 4.81. The normalized spacial score (nSPS) is 11.5. The molecule has 0 radical (unpaired) electrons. The summed E-state index contributed by atoms with van der Waals surface area (Å²) in [5.74, 6) is -0.903. The number of nitriles is 1. The SMILES string of the molecule is CC(C)C[C@H](NC(=O)Nc1ccc(C#N)cc1)C(=O)O. The van der Waals surface area contributed by atoms with Gasteiger partial charge in [0.05, 0.1) is 11.6 Å². The highest BCUT2D eigenvalue weighted by Gasteiger charge is 2.20. The minimum atomic E-state index is -1.06. The minimum absolute atomic E-state index is 0.159. The van der Waals surface area contributed by atoms with Crippen LogP contribution in [0.4, 0.5) is 10.5 Å². The van der Waals surface area contributed by atoms with Crippen molar-refractivity contribution in [3.63, 3.8) is 0 Å². The Bertz CT molecular complexity index is 517. The first-order valence-electron chi connectivity index (χ1n) is 6.23. The molecule has 6 nitrogen and oxygen atoms in total. The highest BCUT2D eigenvalue weighted by molar-refractivity contribution is 5.92. The molecule has 2 amide bonds. The van der Waals surface area contributed by atoms with Crippen molar-refractivity contribution in [2.24, 2.45) is 5.92 Å². The van der Waals surface area contributed by atoms with E-state index in [1.807, 2.05) is 19.9 Å². The van der Waals surface area contributed by atoms with Gasteiger partial charge in [0.2, 0.25) is 0 Å². The number of nitrogens with zero attached hydrogens (tertiary/aromatic N) is 1. The fourth-order valence-electron chi connectivity index (χ4n) is 1.65. The van der Waals surface area contributed by atoms with Gasteiger partial charge in [0.15, 0.2) is 0 Å². The predicted octanol–water partition coefficient (Wildman–Crippen LogP) is 2.18. The summed E-state index contributed by atoms with van der Waals surface area (Å²) in [5, 5.41) is 22.6. The molecule has 0 bridgehead atoms. The molecule has 1 aromatic rings. The van der Waals surface area contributed by atoms with Gasteiger partial charge < -0.3 is 15.7 Å². The van der Waals surface area contributed by atoms with Gasteiger partial charge in [-0.2, -0.15) is 5.26 Å². The van der Waals surface area contributed by atoms with Crippen molar-refractivity contribution in [1.29, 1.82) is 5.26 Å². The molecular weight excluding hydrogens is 258 g/mol. The Morgan fingerprint density at radius 2 is 1.90 bits per heavy atom. The summed E-state index contributed by atoms with van der Waals surface area (Å²) < 4.78 is 0. The number of nitrogens with one attached hydrogen (secondary N) is 2. The fraction of sp³-hybridized carbons (Fsp3) is 0.357. The average molecular weight is 275 g/mol. The van der Waals surface area contributed by atoms with Crippen LogP contribution in [0.15, 0.2) is 24.3 Å². The van der Waals surface area contributed by atoms with E-state index in [9.17, 15) is 9.59 Å². The summed E-state index contributed by atoms with van der Waals surface area (Å²) in [5.41, 5.74) is 0.981. The van der Waals surface area contributed by atoms with Crippen molar-refractivity contribution in [3.8, 4) is 6.07 Å². The second kappa shape index (κ2) is 7.14. The molecule has 0 heterocycles. The van der Waals surface area contributed by atoms with E-state index >= 15 is 0 Å². The van der Waals surface area contributed by atoms with Crippen LogP contribution in [0.5, 0.6) is 0 Å². The molecule has 0 saturated carbocycles. The summed E-state index contributed by atoms with van der Waals surface area (Å²) in [6.45, 7) is 3.77. The second-order valence-corrected chi connectivity index (χ2v) is 4.81. The Morgan fingerprint density at radius 3 is 2.35 bits per heavy atom. The standard InChI is InChI=1S/C14H17N3O3/c1-9(2)7-12(13(18)19)17-14(20)16-11-5-3-10(8-15)4-6-11/h3-6,9,12H,7H2,1-2H3,(H,18,19)(H2,16,17,20)/t12-/m0/s1. The Labute approximate surface area is 117 Å². The van der Waals surface area contributed by atoms with Gasteiger partial charge in [0.25, 0.3) is 0 Å². The Morgan fingerprint density at radius 1 is 1.30 bits per heavy atom. The molecule has 0 aliphatic carbocycles. The maximum absolute atomic E-state index is 11.7. The van der Waals surface area contributed by atoms with Crippen molar-refractivity contribution in [3.05, 3.63) is 29.8 Å². The van der Waals surface area contributed by atoms with E-state index in [-0.39, 0.29) is 5.92 Å². The van der Waals surface area contributed by atoms with E-state index in [0.29, 0.717) is 17.7 Å². The van der Waals surface area contributed by atoms with Crippen LogP contribution >= 0.6 is 0 Å². The van der Waals surface area contributed by atoms with E-state index in [0.717, 1.165) is 0 Å². The van der Waals surface area contributed by atoms with E-state index in [1.54, 1.807) is 24.3 Å². The molecule has 3 N–H and O–H groups in total. The first-order valence-corrected chi connectivity index (χ1v) is 6.23. The van der Waals surface area contributed by atoms with Crippen molar-refractivity contribution in [2.75, 3.05) is 5.32 Å². The van der Waals surface area contributed by atoms with Crippen molar-refractivity contribution in [2.45, 2.75) is 26.3 Å². The molecule has 20 heavy (non-hydrogen) atoms. The third-order valence-electron chi connectivity index (χ3n) is 2.58. The lowest BCUT2D eigenvalue weighted by atomic mass is 10.0. The van der Waals surface area contributed by atoms with Crippen LogP contribution in [0, 0.1) is 17.2 Å². The minimum Gasteiger partial charge on any atom is -0.480 e. The average Bonchev–Trinajstić information content (AvgIpc) is 2.38. The lowest BCUT2D eigenvalue weighted by Crippen LogP contribution is -2.43. The molecular formula is C14H17N3O3. The van der Waals surface area contributed by atoms with E-state index < -0.39 is 18.0 Å². The van der Waals surface area contributed by atoms with Crippen LogP contribution in [0.1, 0.15) is 25.8 Å². The third-order valence-corrected chi connectivity index (χ3v) is 2.58. The lowest BCUT2D eigenvalue weighted by molar-refractivity contribution is -0.139. The summed E-state index contributed by atoms with van der Waals surface area (Å²) in [6.07, 6.45) is 0.357. The van der Waals surface area contributed by atoms with Crippen molar-refractivity contribution in [1.82, 2.24) is 5.32 Å². The van der Waals surface area contributed by atoms with Crippen LogP contribution in [0.3, 0.4) is 0 Å². The zero-order valence-electron chi connectivity index (χ0n) is 11.4. The Balaban J connectivity index is 2.61. The molecule has 106 valence electrons. The molecule has 0 spiro atoms. The number of amides is 2. The highest BCUT2D eigenvalue weighted by Crippen LogP contribution is 2.09. The fourth-order valence-corrected chi connectivity index (χ4v) is 1.65. The molecule has 0 aromatic heterocycles. The third kappa shape index (κ3) is 4.98. The quantitative estimate of drug-likeness (QED) is 0.766. The molecule has 1 atom stereocenters. The number of aliphatic carboxylic acids is 1. The number of benzene rings is 1. The van der Waals surface area contributed by atoms with Gasteiger partial charge in [-0.3, -0.25) is 0 Å². The number of rotatable bonds is 5. The van der Waals surface area contributed by atoms with E-state index in [4.69, 9.17) is 10.4 Å². The highest BCUT2D eigenvalue weighted by atomic mass is 16.4. The van der Waals surface area contributed by atoms with Gasteiger partial charge >= 0.3 is 12.0 Å². The van der Waals surface area contributed by atoms with Crippen LogP contribution in [-0.2, 0) is 4.79 Å². The number of carboxylic acid groups (broad SMARTS) is 1. The van der Waals surface area contributed by atoms with E-state index in [1.165, 1.54) is 0 Å². The van der Waals surface area contributed by atoms with Crippen LogP contribution in [0.2, 0.25) is 0 Å². The monoisotopic (exact) mass is 275 g/mol. The largest absolute Gasteiger partial charge is 0.480 e. The smallest absolute Gasteiger partial charge is 0.326 e. The number of urea groups is 1. The first-order chi connectivity index (χ1) is 9.42. The molecule has 0 unspecified atom stereocenters. The first kappa shape index (κ1) is 15.5. The summed E-state index contributed by atoms with van der Waals surface area (Å²) in [7, 11) is 0. The molecule has 0 aliphatic heterocycles. The molecule has 1 rings (SSSR count). The summed E-state index contributed by atoms with van der Waals surface area (Å²) in [6, 6.07) is 6.76.